The summed E-state index contributed by atoms with van der Waals surface area (Å²) < 4.78 is 5.25. The van der Waals surface area contributed by atoms with Gasteiger partial charge >= 0.3 is 0 Å². The molecule has 0 spiro atoms. The number of nitrogens with zero attached hydrogens (tertiary/aromatic N) is 1. The van der Waals surface area contributed by atoms with Crippen LogP contribution in [0.4, 0.5) is 0 Å². The second-order valence-electron chi connectivity index (χ2n) is 4.59. The van der Waals surface area contributed by atoms with Gasteiger partial charge in [-0.15, -0.1) is 12.4 Å². The maximum Gasteiger partial charge on any atom is 0.121 e. The second kappa shape index (κ2) is 6.24. The number of nitrogens with two attached hydrogens (primary N) is 1. The first-order chi connectivity index (χ1) is 7.69. The van der Waals surface area contributed by atoms with E-state index < -0.39 is 0 Å². The normalized spacial score (nSPS) is 20.1. The maximum absolute atomic E-state index is 5.89. The van der Waals surface area contributed by atoms with Crippen molar-refractivity contribution < 1.29 is 4.74 Å². The van der Waals surface area contributed by atoms with Gasteiger partial charge < -0.3 is 10.5 Å². The number of methoxy groups -OCH3 is 1. The van der Waals surface area contributed by atoms with E-state index in [4.69, 9.17) is 10.5 Å². The Kier molecular flexibility index (Phi) is 5.25. The Morgan fingerprint density at radius 2 is 2.24 bits per heavy atom. The summed E-state index contributed by atoms with van der Waals surface area (Å²) in [6.45, 7) is 5.22. The number of ether oxygens (including phenoxy) is 1. The molecule has 1 saturated heterocycles. The molecule has 1 aromatic carbocycles. The Labute approximate surface area is 109 Å². The number of benzene rings is 1. The summed E-state index contributed by atoms with van der Waals surface area (Å²) in [4.78, 5) is 2.41. The minimum Gasteiger partial charge on any atom is -0.496 e. The Bertz CT molecular complexity index is 370. The fourth-order valence-corrected chi connectivity index (χ4v) is 2.30. The molecule has 0 radical (unpaired) electrons. The van der Waals surface area contributed by atoms with Crippen LogP contribution in [0.25, 0.3) is 0 Å². The van der Waals surface area contributed by atoms with Gasteiger partial charge in [0.05, 0.1) is 7.11 Å². The lowest BCUT2D eigenvalue weighted by Crippen LogP contribution is -2.26. The van der Waals surface area contributed by atoms with Gasteiger partial charge in [-0.1, -0.05) is 12.1 Å². The molecule has 0 aromatic heterocycles. The summed E-state index contributed by atoms with van der Waals surface area (Å²) in [7, 11) is 1.71. The molecule has 17 heavy (non-hydrogen) atoms. The van der Waals surface area contributed by atoms with Gasteiger partial charge in [-0.3, -0.25) is 4.90 Å². The lowest BCUT2D eigenvalue weighted by Gasteiger charge is -2.16. The summed E-state index contributed by atoms with van der Waals surface area (Å²) >= 11 is 0. The third kappa shape index (κ3) is 3.60. The van der Waals surface area contributed by atoms with E-state index in [1.165, 1.54) is 11.1 Å². The van der Waals surface area contributed by atoms with Crippen molar-refractivity contribution in [2.75, 3.05) is 20.2 Å². The fraction of sp³-hybridized carbons (Fsp3) is 0.538. The van der Waals surface area contributed by atoms with Crippen LogP contribution in [0, 0.1) is 6.92 Å². The number of likely N-dealkylation sites (tertiary alicyclic amines) is 1. The molecule has 0 bridgehead atoms. The largest absolute Gasteiger partial charge is 0.496 e. The molecule has 1 heterocycles. The number of hydrogen-bond acceptors (Lipinski definition) is 3. The standard InChI is InChI=1S/C13H20N2O.ClH/c1-10-7-11(3-4-13(10)16-2)8-15-6-5-12(14)9-15;/h3-4,7,12H,5-6,8-9,14H2,1-2H3;1H/t12-;/m1./s1. The molecule has 0 aliphatic carbocycles. The van der Waals surface area contributed by atoms with E-state index in [-0.39, 0.29) is 12.4 Å². The molecule has 1 atom stereocenters. The zero-order valence-electron chi connectivity index (χ0n) is 10.5. The second-order valence-corrected chi connectivity index (χ2v) is 4.59. The summed E-state index contributed by atoms with van der Waals surface area (Å²) in [6.07, 6.45) is 1.12. The van der Waals surface area contributed by atoms with Gasteiger partial charge in [0.25, 0.3) is 0 Å². The zero-order chi connectivity index (χ0) is 11.5. The van der Waals surface area contributed by atoms with Crippen LogP contribution in [-0.4, -0.2) is 31.1 Å². The predicted molar refractivity (Wildman–Crippen MR) is 72.8 cm³/mol. The highest BCUT2D eigenvalue weighted by molar-refractivity contribution is 5.85. The van der Waals surface area contributed by atoms with Crippen molar-refractivity contribution >= 4 is 12.4 Å². The van der Waals surface area contributed by atoms with E-state index in [2.05, 4.69) is 24.0 Å². The number of rotatable bonds is 3. The molecule has 0 amide bonds. The molecule has 4 heteroatoms. The SMILES string of the molecule is COc1ccc(CN2CC[C@@H](N)C2)cc1C.Cl. The van der Waals surface area contributed by atoms with E-state index in [9.17, 15) is 0 Å². The average molecular weight is 257 g/mol. The molecule has 1 fully saturated rings. The van der Waals surface area contributed by atoms with Gasteiger partial charge in [0.15, 0.2) is 0 Å². The van der Waals surface area contributed by atoms with Crippen molar-refractivity contribution in [1.82, 2.24) is 4.90 Å². The van der Waals surface area contributed by atoms with Crippen LogP contribution in [0.1, 0.15) is 17.5 Å². The Morgan fingerprint density at radius 1 is 1.47 bits per heavy atom. The van der Waals surface area contributed by atoms with Crippen molar-refractivity contribution in [3.8, 4) is 5.75 Å². The van der Waals surface area contributed by atoms with Crippen LogP contribution in [-0.2, 0) is 6.54 Å². The first-order valence-corrected chi connectivity index (χ1v) is 5.80. The van der Waals surface area contributed by atoms with Crippen molar-refractivity contribution in [3.63, 3.8) is 0 Å². The quantitative estimate of drug-likeness (QED) is 0.899. The number of hydrogen-bond donors (Lipinski definition) is 1. The third-order valence-corrected chi connectivity index (χ3v) is 3.17. The van der Waals surface area contributed by atoms with Crippen LogP contribution in [0.3, 0.4) is 0 Å². The van der Waals surface area contributed by atoms with Crippen molar-refractivity contribution in [1.29, 1.82) is 0 Å². The first kappa shape index (κ1) is 14.3. The monoisotopic (exact) mass is 256 g/mol. The van der Waals surface area contributed by atoms with Crippen LogP contribution in [0.5, 0.6) is 5.75 Å². The average Bonchev–Trinajstić information content (AvgIpc) is 2.64. The van der Waals surface area contributed by atoms with E-state index in [0.29, 0.717) is 6.04 Å². The van der Waals surface area contributed by atoms with Gasteiger partial charge in [0.1, 0.15) is 5.75 Å². The number of aryl methyl sites for hydroxylation is 1. The first-order valence-electron chi connectivity index (χ1n) is 5.80. The lowest BCUT2D eigenvalue weighted by molar-refractivity contribution is 0.326. The molecule has 3 nitrogen and oxygen atoms in total. The van der Waals surface area contributed by atoms with Gasteiger partial charge in [-0.25, -0.2) is 0 Å². The van der Waals surface area contributed by atoms with E-state index in [1.54, 1.807) is 7.11 Å². The van der Waals surface area contributed by atoms with Crippen molar-refractivity contribution in [3.05, 3.63) is 29.3 Å². The highest BCUT2D eigenvalue weighted by atomic mass is 35.5. The minimum atomic E-state index is 0. The summed E-state index contributed by atoms with van der Waals surface area (Å²) in [5.41, 5.74) is 8.43. The van der Waals surface area contributed by atoms with Gasteiger partial charge in [-0.2, -0.15) is 0 Å². The molecule has 0 saturated carbocycles. The third-order valence-electron chi connectivity index (χ3n) is 3.17. The van der Waals surface area contributed by atoms with Crippen LogP contribution < -0.4 is 10.5 Å². The Balaban J connectivity index is 0.00000144. The molecule has 96 valence electrons. The lowest BCUT2D eigenvalue weighted by atomic mass is 10.1. The summed E-state index contributed by atoms with van der Waals surface area (Å²) in [6, 6.07) is 6.73. The topological polar surface area (TPSA) is 38.5 Å². The van der Waals surface area contributed by atoms with Crippen molar-refractivity contribution in [2.24, 2.45) is 5.73 Å². The molecule has 1 aromatic rings. The Morgan fingerprint density at radius 3 is 2.76 bits per heavy atom. The molecular formula is C13H21ClN2O. The maximum atomic E-state index is 5.89. The highest BCUT2D eigenvalue weighted by Gasteiger charge is 2.18. The smallest absolute Gasteiger partial charge is 0.121 e. The summed E-state index contributed by atoms with van der Waals surface area (Å²) in [5, 5.41) is 0. The van der Waals surface area contributed by atoms with Crippen molar-refractivity contribution in [2.45, 2.75) is 25.9 Å². The molecule has 2 rings (SSSR count). The number of halogens is 1. The van der Waals surface area contributed by atoms with Gasteiger partial charge in [0, 0.05) is 25.7 Å². The Hall–Kier alpha value is -0.770. The van der Waals surface area contributed by atoms with Crippen LogP contribution in [0.15, 0.2) is 18.2 Å². The molecule has 2 N–H and O–H groups in total. The van der Waals surface area contributed by atoms with Crippen LogP contribution in [0.2, 0.25) is 0 Å². The van der Waals surface area contributed by atoms with Crippen LogP contribution >= 0.6 is 12.4 Å². The predicted octanol–water partition coefficient (Wildman–Crippen LogP) is 1.96. The molecule has 1 aliphatic heterocycles. The minimum absolute atomic E-state index is 0. The zero-order valence-corrected chi connectivity index (χ0v) is 11.3. The molecule has 1 aliphatic rings. The molecule has 0 unspecified atom stereocenters. The highest BCUT2D eigenvalue weighted by Crippen LogP contribution is 2.20. The van der Waals surface area contributed by atoms with Gasteiger partial charge in [0.2, 0.25) is 0 Å². The summed E-state index contributed by atoms with van der Waals surface area (Å²) in [5.74, 6) is 0.960. The van der Waals surface area contributed by atoms with E-state index in [0.717, 1.165) is 31.8 Å². The van der Waals surface area contributed by atoms with Gasteiger partial charge in [-0.05, 0) is 30.5 Å². The fourth-order valence-electron chi connectivity index (χ4n) is 2.30. The van der Waals surface area contributed by atoms with E-state index in [1.807, 2.05) is 6.07 Å². The van der Waals surface area contributed by atoms with E-state index >= 15 is 0 Å². The molecular weight excluding hydrogens is 236 g/mol.